The van der Waals surface area contributed by atoms with Crippen molar-refractivity contribution in [2.45, 2.75) is 65.0 Å². The van der Waals surface area contributed by atoms with E-state index >= 15 is 0 Å². The maximum Gasteiger partial charge on any atom is 0.0584 e. The Kier molecular flexibility index (Phi) is 5.62. The van der Waals surface area contributed by atoms with Crippen LogP contribution in [0.3, 0.4) is 0 Å². The Morgan fingerprint density at radius 1 is 1.33 bits per heavy atom. The van der Waals surface area contributed by atoms with Gasteiger partial charge in [0.05, 0.1) is 6.61 Å². The van der Waals surface area contributed by atoms with Gasteiger partial charge in [0.25, 0.3) is 0 Å². The molecule has 90 valence electrons. The molecular formula is C13H27NO. The van der Waals surface area contributed by atoms with Crippen LogP contribution in [0.5, 0.6) is 0 Å². The third kappa shape index (κ3) is 4.98. The molecule has 0 aromatic carbocycles. The molecule has 2 nitrogen and oxygen atoms in total. The normalized spacial score (nSPS) is 29.4. The van der Waals surface area contributed by atoms with Gasteiger partial charge in [0.1, 0.15) is 0 Å². The van der Waals surface area contributed by atoms with Crippen LogP contribution in [0.25, 0.3) is 0 Å². The monoisotopic (exact) mass is 213 g/mol. The minimum Gasteiger partial charge on any atom is -0.395 e. The topological polar surface area (TPSA) is 32.3 Å². The van der Waals surface area contributed by atoms with E-state index in [0.717, 1.165) is 12.3 Å². The second kappa shape index (κ2) is 6.49. The van der Waals surface area contributed by atoms with Crippen molar-refractivity contribution in [3.05, 3.63) is 0 Å². The van der Waals surface area contributed by atoms with Gasteiger partial charge in [-0.1, -0.05) is 33.6 Å². The molecule has 0 unspecified atom stereocenters. The van der Waals surface area contributed by atoms with Crippen LogP contribution in [0.15, 0.2) is 0 Å². The van der Waals surface area contributed by atoms with Crippen LogP contribution in [0, 0.1) is 11.8 Å². The van der Waals surface area contributed by atoms with E-state index in [4.69, 9.17) is 0 Å². The highest BCUT2D eigenvalue weighted by Crippen LogP contribution is 2.24. The molecule has 0 aliphatic heterocycles. The zero-order valence-electron chi connectivity index (χ0n) is 10.5. The van der Waals surface area contributed by atoms with E-state index in [1.807, 2.05) is 0 Å². The molecule has 1 fully saturated rings. The zero-order chi connectivity index (χ0) is 11.3. The maximum absolute atomic E-state index is 9.31. The van der Waals surface area contributed by atoms with Crippen LogP contribution in [-0.4, -0.2) is 23.8 Å². The van der Waals surface area contributed by atoms with E-state index in [2.05, 4.69) is 26.1 Å². The second-order valence-corrected chi connectivity index (χ2v) is 5.64. The Morgan fingerprint density at radius 2 is 2.07 bits per heavy atom. The van der Waals surface area contributed by atoms with Crippen LogP contribution < -0.4 is 5.32 Å². The third-order valence-electron chi connectivity index (χ3n) is 3.38. The van der Waals surface area contributed by atoms with Gasteiger partial charge in [-0.3, -0.25) is 0 Å². The van der Waals surface area contributed by atoms with Crippen LogP contribution >= 0.6 is 0 Å². The van der Waals surface area contributed by atoms with E-state index in [-0.39, 0.29) is 6.61 Å². The lowest BCUT2D eigenvalue weighted by atomic mass is 9.86. The van der Waals surface area contributed by atoms with E-state index in [0.29, 0.717) is 18.0 Å². The van der Waals surface area contributed by atoms with Crippen molar-refractivity contribution in [3.8, 4) is 0 Å². The fraction of sp³-hybridized carbons (Fsp3) is 1.00. The smallest absolute Gasteiger partial charge is 0.0584 e. The standard InChI is InChI=1S/C13H27NO/c1-10(2)7-13(9-15)14-12-6-4-5-11(3)8-12/h10-15H,4-9H2,1-3H3/t11-,12+,13+/m1/s1. The summed E-state index contributed by atoms with van der Waals surface area (Å²) in [6.07, 6.45) is 6.39. The molecule has 0 heterocycles. The summed E-state index contributed by atoms with van der Waals surface area (Å²) in [5, 5.41) is 12.9. The second-order valence-electron chi connectivity index (χ2n) is 5.64. The van der Waals surface area contributed by atoms with Crippen LogP contribution in [0.1, 0.15) is 52.9 Å². The SMILES string of the molecule is CC(C)C[C@@H](CO)N[C@H]1CCC[C@@H](C)C1. The summed E-state index contributed by atoms with van der Waals surface area (Å²) in [7, 11) is 0. The number of hydrogen-bond acceptors (Lipinski definition) is 2. The first kappa shape index (κ1) is 13.0. The van der Waals surface area contributed by atoms with Crippen LogP contribution in [0.2, 0.25) is 0 Å². The molecule has 0 saturated heterocycles. The molecule has 0 aromatic rings. The number of rotatable bonds is 5. The van der Waals surface area contributed by atoms with Crippen molar-refractivity contribution in [1.29, 1.82) is 0 Å². The first-order chi connectivity index (χ1) is 7.11. The summed E-state index contributed by atoms with van der Waals surface area (Å²) in [6, 6.07) is 0.949. The zero-order valence-corrected chi connectivity index (χ0v) is 10.5. The summed E-state index contributed by atoms with van der Waals surface area (Å²) in [5.74, 6) is 1.52. The number of aliphatic hydroxyl groups excluding tert-OH is 1. The van der Waals surface area contributed by atoms with Crippen molar-refractivity contribution in [2.24, 2.45) is 11.8 Å². The fourth-order valence-electron chi connectivity index (χ4n) is 2.68. The minimum atomic E-state index is 0.281. The lowest BCUT2D eigenvalue weighted by molar-refractivity contribution is 0.191. The first-order valence-corrected chi connectivity index (χ1v) is 6.48. The average Bonchev–Trinajstić information content (AvgIpc) is 2.16. The third-order valence-corrected chi connectivity index (χ3v) is 3.38. The molecule has 0 amide bonds. The van der Waals surface area contributed by atoms with Crippen molar-refractivity contribution < 1.29 is 5.11 Å². The first-order valence-electron chi connectivity index (χ1n) is 6.48. The van der Waals surface area contributed by atoms with Crippen molar-refractivity contribution in [2.75, 3.05) is 6.61 Å². The number of nitrogens with one attached hydrogen (secondary N) is 1. The fourth-order valence-corrected chi connectivity index (χ4v) is 2.68. The van der Waals surface area contributed by atoms with E-state index < -0.39 is 0 Å². The van der Waals surface area contributed by atoms with Gasteiger partial charge >= 0.3 is 0 Å². The predicted molar refractivity (Wildman–Crippen MR) is 64.9 cm³/mol. The highest BCUT2D eigenvalue weighted by molar-refractivity contribution is 4.80. The van der Waals surface area contributed by atoms with Crippen LogP contribution in [0.4, 0.5) is 0 Å². The van der Waals surface area contributed by atoms with Gasteiger partial charge < -0.3 is 10.4 Å². The van der Waals surface area contributed by atoms with E-state index in [1.165, 1.54) is 25.7 Å². The Labute approximate surface area is 94.5 Å². The summed E-state index contributed by atoms with van der Waals surface area (Å²) in [5.41, 5.74) is 0. The summed E-state index contributed by atoms with van der Waals surface area (Å²) in [6.45, 7) is 7.05. The molecular weight excluding hydrogens is 186 g/mol. The Balaban J connectivity index is 2.30. The van der Waals surface area contributed by atoms with Crippen molar-refractivity contribution in [1.82, 2.24) is 5.32 Å². The molecule has 1 rings (SSSR count). The van der Waals surface area contributed by atoms with Gasteiger partial charge in [-0.25, -0.2) is 0 Å². The highest BCUT2D eigenvalue weighted by Gasteiger charge is 2.21. The number of hydrogen-bond donors (Lipinski definition) is 2. The van der Waals surface area contributed by atoms with Gasteiger partial charge in [0, 0.05) is 12.1 Å². The van der Waals surface area contributed by atoms with Gasteiger partial charge in [0.2, 0.25) is 0 Å². The lowest BCUT2D eigenvalue weighted by Gasteiger charge is -2.31. The molecule has 2 N–H and O–H groups in total. The summed E-state index contributed by atoms with van der Waals surface area (Å²) < 4.78 is 0. The van der Waals surface area contributed by atoms with Crippen molar-refractivity contribution >= 4 is 0 Å². The van der Waals surface area contributed by atoms with Crippen LogP contribution in [-0.2, 0) is 0 Å². The molecule has 1 aliphatic rings. The molecule has 3 atom stereocenters. The quantitative estimate of drug-likeness (QED) is 0.735. The largest absolute Gasteiger partial charge is 0.395 e. The van der Waals surface area contributed by atoms with Gasteiger partial charge in [-0.05, 0) is 31.1 Å². The van der Waals surface area contributed by atoms with Crippen molar-refractivity contribution in [3.63, 3.8) is 0 Å². The molecule has 1 aliphatic carbocycles. The molecule has 15 heavy (non-hydrogen) atoms. The molecule has 0 bridgehead atoms. The average molecular weight is 213 g/mol. The summed E-state index contributed by atoms with van der Waals surface area (Å²) >= 11 is 0. The highest BCUT2D eigenvalue weighted by atomic mass is 16.3. The molecule has 0 spiro atoms. The Bertz CT molecular complexity index is 168. The molecule has 1 saturated carbocycles. The van der Waals surface area contributed by atoms with Gasteiger partial charge in [-0.15, -0.1) is 0 Å². The van der Waals surface area contributed by atoms with Gasteiger partial charge in [-0.2, -0.15) is 0 Å². The maximum atomic E-state index is 9.31. The Morgan fingerprint density at radius 3 is 2.60 bits per heavy atom. The Hall–Kier alpha value is -0.0800. The minimum absolute atomic E-state index is 0.281. The molecule has 0 radical (unpaired) electrons. The predicted octanol–water partition coefficient (Wildman–Crippen LogP) is 2.56. The van der Waals surface area contributed by atoms with Gasteiger partial charge in [0.15, 0.2) is 0 Å². The lowest BCUT2D eigenvalue weighted by Crippen LogP contribution is -2.43. The summed E-state index contributed by atoms with van der Waals surface area (Å²) in [4.78, 5) is 0. The molecule has 2 heteroatoms. The van der Waals surface area contributed by atoms with E-state index in [1.54, 1.807) is 0 Å². The molecule has 0 aromatic heterocycles. The number of aliphatic hydroxyl groups is 1. The van der Waals surface area contributed by atoms with E-state index in [9.17, 15) is 5.11 Å².